The number of halogens is 3. The van der Waals surface area contributed by atoms with Crippen molar-refractivity contribution in [1.82, 2.24) is 9.88 Å². The number of rotatable bonds is 11. The molecule has 210 valence electrons. The first-order chi connectivity index (χ1) is 18.7. The van der Waals surface area contributed by atoms with Gasteiger partial charge in [-0.15, -0.1) is 0 Å². The van der Waals surface area contributed by atoms with E-state index in [1.54, 1.807) is 18.2 Å². The van der Waals surface area contributed by atoms with Crippen molar-refractivity contribution >= 4 is 16.9 Å². The average molecular weight is 547 g/mol. The van der Waals surface area contributed by atoms with Gasteiger partial charge in [0.05, 0.1) is 30.8 Å². The quantitative estimate of drug-likeness (QED) is 0.298. The number of aliphatic hydroxyl groups is 2. The molecule has 0 amide bonds. The van der Waals surface area contributed by atoms with Crippen LogP contribution in [0.4, 0.5) is 13.2 Å². The monoisotopic (exact) mass is 546 g/mol. The van der Waals surface area contributed by atoms with Crippen LogP contribution in [-0.2, 0) is 17.8 Å². The molecule has 2 heterocycles. The molecule has 4 rings (SSSR count). The van der Waals surface area contributed by atoms with Gasteiger partial charge in [-0.1, -0.05) is 0 Å². The fourth-order valence-corrected chi connectivity index (χ4v) is 5.50. The van der Waals surface area contributed by atoms with Crippen molar-refractivity contribution in [3.63, 3.8) is 0 Å². The van der Waals surface area contributed by atoms with Crippen LogP contribution in [0.3, 0.4) is 0 Å². The van der Waals surface area contributed by atoms with Crippen LogP contribution in [0.1, 0.15) is 54.9 Å². The van der Waals surface area contributed by atoms with Crippen LogP contribution in [0.15, 0.2) is 36.5 Å². The molecular formula is C29H33F3N2O5. The Balaban J connectivity index is 1.39. The molecule has 10 heteroatoms. The number of methoxy groups -OCH3 is 1. The second kappa shape index (κ2) is 12.3. The molecule has 0 aliphatic carbocycles. The molecule has 39 heavy (non-hydrogen) atoms. The van der Waals surface area contributed by atoms with E-state index in [1.807, 2.05) is 0 Å². The molecule has 1 aliphatic heterocycles. The zero-order valence-corrected chi connectivity index (χ0v) is 21.8. The molecule has 1 aliphatic rings. The number of aliphatic hydroxyl groups excluding tert-OH is 2. The minimum Gasteiger partial charge on any atom is -0.497 e. The molecule has 0 radical (unpaired) electrons. The maximum absolute atomic E-state index is 13.9. The Labute approximate surface area is 224 Å². The lowest BCUT2D eigenvalue weighted by molar-refractivity contribution is -0.153. The summed E-state index contributed by atoms with van der Waals surface area (Å²) in [6.07, 6.45) is 2.31. The van der Waals surface area contributed by atoms with E-state index in [2.05, 4.69) is 9.88 Å². The van der Waals surface area contributed by atoms with E-state index in [9.17, 15) is 33.3 Å². The topological polar surface area (TPSA) is 103 Å². The van der Waals surface area contributed by atoms with Gasteiger partial charge >= 0.3 is 5.97 Å². The molecule has 1 atom stereocenters. The maximum Gasteiger partial charge on any atom is 0.309 e. The average Bonchev–Trinajstić information content (AvgIpc) is 2.93. The summed E-state index contributed by atoms with van der Waals surface area (Å²) in [5, 5.41) is 31.8. The molecule has 1 saturated heterocycles. The Kier molecular flexibility index (Phi) is 9.09. The molecule has 1 aromatic heterocycles. The van der Waals surface area contributed by atoms with Crippen molar-refractivity contribution in [2.75, 3.05) is 26.7 Å². The number of aryl methyl sites for hydroxylation is 1. The van der Waals surface area contributed by atoms with Crippen molar-refractivity contribution in [3.8, 4) is 5.75 Å². The van der Waals surface area contributed by atoms with Gasteiger partial charge in [0.1, 0.15) is 11.6 Å². The number of fused-ring (bicyclic) bond motifs is 1. The molecule has 0 bridgehead atoms. The number of hydrogen-bond donors (Lipinski definition) is 3. The Morgan fingerprint density at radius 3 is 2.56 bits per heavy atom. The number of carbonyl (C=O) groups is 1. The lowest BCUT2D eigenvalue weighted by Crippen LogP contribution is -2.44. The SMILES string of the molecule is COc1ccc2ncc(CO)c([C@@H](O)CCC3(C(=O)O)CCN(CCCc4cc(F)cc(F)c4F)CC3)c2c1. The second-order valence-corrected chi connectivity index (χ2v) is 10.2. The van der Waals surface area contributed by atoms with Gasteiger partial charge in [-0.2, -0.15) is 0 Å². The number of piperidine rings is 1. The lowest BCUT2D eigenvalue weighted by Gasteiger charge is -2.39. The van der Waals surface area contributed by atoms with Gasteiger partial charge in [-0.3, -0.25) is 9.78 Å². The highest BCUT2D eigenvalue weighted by Crippen LogP contribution is 2.40. The summed E-state index contributed by atoms with van der Waals surface area (Å²) in [5.74, 6) is -3.41. The van der Waals surface area contributed by atoms with Crippen molar-refractivity contribution in [2.45, 2.75) is 51.2 Å². The van der Waals surface area contributed by atoms with Crippen LogP contribution in [0.25, 0.3) is 10.9 Å². The van der Waals surface area contributed by atoms with Gasteiger partial charge in [0.2, 0.25) is 0 Å². The summed E-state index contributed by atoms with van der Waals surface area (Å²) in [7, 11) is 1.53. The molecule has 0 saturated carbocycles. The van der Waals surface area contributed by atoms with Crippen molar-refractivity contribution in [3.05, 3.63) is 70.7 Å². The van der Waals surface area contributed by atoms with E-state index in [0.29, 0.717) is 72.7 Å². The van der Waals surface area contributed by atoms with Crippen LogP contribution in [0.2, 0.25) is 0 Å². The number of aliphatic carboxylic acids is 1. The third kappa shape index (κ3) is 6.34. The highest BCUT2D eigenvalue weighted by atomic mass is 19.2. The highest BCUT2D eigenvalue weighted by Gasteiger charge is 2.41. The largest absolute Gasteiger partial charge is 0.497 e. The van der Waals surface area contributed by atoms with Crippen molar-refractivity contribution < 1.29 is 38.0 Å². The number of aromatic nitrogens is 1. The molecule has 0 unspecified atom stereocenters. The molecule has 3 N–H and O–H groups in total. The first-order valence-corrected chi connectivity index (χ1v) is 13.0. The number of pyridine rings is 1. The first-order valence-electron chi connectivity index (χ1n) is 13.0. The van der Waals surface area contributed by atoms with Crippen molar-refractivity contribution in [2.24, 2.45) is 5.41 Å². The van der Waals surface area contributed by atoms with E-state index >= 15 is 0 Å². The first kappa shape index (κ1) is 28.8. The Bertz CT molecular complexity index is 1320. The number of carboxylic acids is 1. The number of hydrogen-bond acceptors (Lipinski definition) is 6. The zero-order chi connectivity index (χ0) is 28.2. The van der Waals surface area contributed by atoms with E-state index in [1.165, 1.54) is 13.3 Å². The normalized spacial score (nSPS) is 16.4. The van der Waals surface area contributed by atoms with Crippen LogP contribution >= 0.6 is 0 Å². The number of carboxylic acid groups (broad SMARTS) is 1. The summed E-state index contributed by atoms with van der Waals surface area (Å²) in [6.45, 7) is 1.22. The summed E-state index contributed by atoms with van der Waals surface area (Å²) >= 11 is 0. The van der Waals surface area contributed by atoms with Crippen LogP contribution in [0, 0.1) is 22.9 Å². The minimum absolute atomic E-state index is 0.0121. The summed E-state index contributed by atoms with van der Waals surface area (Å²) in [6, 6.07) is 6.78. The molecule has 7 nitrogen and oxygen atoms in total. The molecule has 0 spiro atoms. The summed E-state index contributed by atoms with van der Waals surface area (Å²) in [4.78, 5) is 18.8. The number of ether oxygens (including phenoxy) is 1. The van der Waals surface area contributed by atoms with E-state index in [0.717, 1.165) is 6.07 Å². The third-order valence-corrected chi connectivity index (χ3v) is 7.85. The van der Waals surface area contributed by atoms with Crippen LogP contribution in [-0.4, -0.2) is 57.9 Å². The van der Waals surface area contributed by atoms with Gasteiger partial charge in [-0.25, -0.2) is 13.2 Å². The standard InChI is InChI=1S/C29H33F3N2O5/c1-39-21-4-5-24-22(15-21)26(19(17-35)16-33-24)25(36)6-7-29(28(37)38)8-11-34(12-9-29)10-2-3-18-13-20(30)14-23(31)27(18)32/h4-5,13-16,25,35-36H,2-3,6-12,17H2,1H3,(H,37,38)/t25-/m0/s1. The van der Waals surface area contributed by atoms with Crippen molar-refractivity contribution in [1.29, 1.82) is 0 Å². The molecule has 3 aromatic rings. The van der Waals surface area contributed by atoms with Gasteiger partial charge in [0, 0.05) is 23.2 Å². The molecule has 2 aromatic carbocycles. The van der Waals surface area contributed by atoms with Crippen LogP contribution in [0.5, 0.6) is 5.75 Å². The highest BCUT2D eigenvalue weighted by molar-refractivity contribution is 5.85. The number of benzene rings is 2. The Hall–Kier alpha value is -3.21. The molecule has 1 fully saturated rings. The van der Waals surface area contributed by atoms with E-state index in [-0.39, 0.29) is 31.4 Å². The predicted octanol–water partition coefficient (Wildman–Crippen LogP) is 4.77. The third-order valence-electron chi connectivity index (χ3n) is 7.85. The van der Waals surface area contributed by atoms with E-state index < -0.39 is 34.9 Å². The summed E-state index contributed by atoms with van der Waals surface area (Å²) in [5.41, 5.74) is 0.582. The van der Waals surface area contributed by atoms with E-state index in [4.69, 9.17) is 4.74 Å². The van der Waals surface area contributed by atoms with Crippen LogP contribution < -0.4 is 4.74 Å². The van der Waals surface area contributed by atoms with Gasteiger partial charge < -0.3 is 25.0 Å². The fourth-order valence-electron chi connectivity index (χ4n) is 5.50. The predicted molar refractivity (Wildman–Crippen MR) is 139 cm³/mol. The number of nitrogens with zero attached hydrogens (tertiary/aromatic N) is 2. The molecular weight excluding hydrogens is 513 g/mol. The minimum atomic E-state index is -1.21. The zero-order valence-electron chi connectivity index (χ0n) is 21.8. The lowest BCUT2D eigenvalue weighted by atomic mass is 9.73. The number of likely N-dealkylation sites (tertiary alicyclic amines) is 1. The Morgan fingerprint density at radius 1 is 1.15 bits per heavy atom. The second-order valence-electron chi connectivity index (χ2n) is 10.2. The van der Waals surface area contributed by atoms with Gasteiger partial charge in [0.25, 0.3) is 0 Å². The summed E-state index contributed by atoms with van der Waals surface area (Å²) < 4.78 is 46.1. The van der Waals surface area contributed by atoms with Gasteiger partial charge in [-0.05, 0) is 93.6 Å². The van der Waals surface area contributed by atoms with Gasteiger partial charge in [0.15, 0.2) is 11.6 Å². The Morgan fingerprint density at radius 2 is 1.90 bits per heavy atom. The smallest absolute Gasteiger partial charge is 0.309 e. The fraction of sp³-hybridized carbons (Fsp3) is 0.448. The maximum atomic E-state index is 13.9.